The van der Waals surface area contributed by atoms with E-state index in [0.29, 0.717) is 19.3 Å². The van der Waals surface area contributed by atoms with Crippen LogP contribution in [0.3, 0.4) is 0 Å². The van der Waals surface area contributed by atoms with Crippen molar-refractivity contribution in [2.24, 2.45) is 5.73 Å². The number of hydrogen-bond donors (Lipinski definition) is 6. The van der Waals surface area contributed by atoms with Crippen LogP contribution in [-0.4, -0.2) is 72.5 Å². The number of unbranched alkanes of at least 4 members (excludes halogenated alkanes) is 1. The molecule has 0 saturated carbocycles. The topological polar surface area (TPSA) is 154 Å². The number of rotatable bonds is 8. The van der Waals surface area contributed by atoms with Crippen molar-refractivity contribution in [3.05, 3.63) is 0 Å². The van der Waals surface area contributed by atoms with Gasteiger partial charge in [-0.2, -0.15) is 0 Å². The quantitative estimate of drug-likeness (QED) is 0.283. The molecule has 23 heavy (non-hydrogen) atoms. The molecule has 1 fully saturated rings. The summed E-state index contributed by atoms with van der Waals surface area (Å²) in [6, 6.07) is -1.49. The van der Waals surface area contributed by atoms with Gasteiger partial charge < -0.3 is 36.3 Å². The molecule has 0 aromatic carbocycles. The molecule has 3 unspecified atom stereocenters. The Morgan fingerprint density at radius 3 is 2.52 bits per heavy atom. The fraction of sp³-hybridized carbons (Fsp3) is 0.846. The van der Waals surface area contributed by atoms with Crippen LogP contribution in [0.5, 0.6) is 0 Å². The molecule has 134 valence electrons. The number of carboxylic acid groups (broad SMARTS) is 1. The minimum Gasteiger partial charge on any atom is -0.480 e. The Hall–Kier alpha value is -1.20. The van der Waals surface area contributed by atoms with Crippen LogP contribution < -0.4 is 16.4 Å². The lowest BCUT2D eigenvalue weighted by Gasteiger charge is -2.15. The molecule has 1 rings (SSSR count). The van der Waals surface area contributed by atoms with Gasteiger partial charge in [0.2, 0.25) is 5.91 Å². The first-order valence-electron chi connectivity index (χ1n) is 7.69. The van der Waals surface area contributed by atoms with Gasteiger partial charge in [0.05, 0.1) is 6.61 Å². The van der Waals surface area contributed by atoms with E-state index in [-0.39, 0.29) is 18.6 Å². The zero-order valence-electron chi connectivity index (χ0n) is 13.7. The maximum Gasteiger partial charge on any atom is 0.451 e. The molecule has 10 heteroatoms. The lowest BCUT2D eigenvalue weighted by Crippen LogP contribution is -2.48. The van der Waals surface area contributed by atoms with Gasteiger partial charge in [0.25, 0.3) is 0 Å². The first-order valence-corrected chi connectivity index (χ1v) is 7.69. The van der Waals surface area contributed by atoms with Gasteiger partial charge in [-0.25, -0.2) is 0 Å². The number of aliphatic carboxylic acids is 1. The second-order valence-corrected chi connectivity index (χ2v) is 5.42. The average molecular weight is 333 g/mol. The van der Waals surface area contributed by atoms with Gasteiger partial charge >= 0.3 is 13.1 Å². The van der Waals surface area contributed by atoms with Crippen LogP contribution >= 0.6 is 0 Å². The number of nitrogens with one attached hydrogen (secondary N) is 2. The van der Waals surface area contributed by atoms with E-state index in [1.807, 2.05) is 6.92 Å². The molecule has 0 aromatic rings. The number of nitrogens with two attached hydrogens (primary N) is 1. The fourth-order valence-corrected chi connectivity index (χ4v) is 1.98. The lowest BCUT2D eigenvalue weighted by molar-refractivity contribution is -0.139. The maximum absolute atomic E-state index is 11.5. The number of carboxylic acids is 1. The van der Waals surface area contributed by atoms with Crippen LogP contribution in [-0.2, 0) is 14.3 Å². The predicted octanol–water partition coefficient (Wildman–Crippen LogP) is -1.85. The molecule has 1 aliphatic rings. The largest absolute Gasteiger partial charge is 0.480 e. The fourth-order valence-electron chi connectivity index (χ4n) is 1.98. The van der Waals surface area contributed by atoms with E-state index in [4.69, 9.17) is 25.6 Å². The third-order valence-electron chi connectivity index (χ3n) is 3.27. The zero-order valence-corrected chi connectivity index (χ0v) is 13.7. The number of ether oxygens (including phenoxy) is 1. The predicted molar refractivity (Wildman–Crippen MR) is 85.7 cm³/mol. The minimum atomic E-state index is -1.10. The van der Waals surface area contributed by atoms with E-state index in [0.717, 1.165) is 12.8 Å². The Bertz CT molecular complexity index is 359. The number of carbonyl (C=O) groups is 2. The Balaban J connectivity index is 0.000000585. The molecule has 1 aliphatic heterocycles. The molecular formula is C13H28BN3O6. The summed E-state index contributed by atoms with van der Waals surface area (Å²) in [5, 5.41) is 30.7. The third kappa shape index (κ3) is 10.2. The summed E-state index contributed by atoms with van der Waals surface area (Å²) in [4.78, 5) is 22.1. The van der Waals surface area contributed by atoms with Gasteiger partial charge in [-0.1, -0.05) is 19.8 Å². The molecule has 1 heterocycles. The van der Waals surface area contributed by atoms with Crippen LogP contribution in [0.1, 0.15) is 26.2 Å². The molecule has 7 N–H and O–H groups in total. The second-order valence-electron chi connectivity index (χ2n) is 5.42. The first kappa shape index (κ1) is 21.8. The molecule has 0 spiro atoms. The number of amides is 1. The van der Waals surface area contributed by atoms with Gasteiger partial charge in [-0.05, 0) is 12.7 Å². The van der Waals surface area contributed by atoms with Crippen molar-refractivity contribution >= 4 is 19.0 Å². The Kier molecular flexibility index (Phi) is 11.6. The van der Waals surface area contributed by atoms with Crippen molar-refractivity contribution in [1.82, 2.24) is 10.6 Å². The smallest absolute Gasteiger partial charge is 0.451 e. The minimum absolute atomic E-state index is 0.147. The molecular weight excluding hydrogens is 305 g/mol. The van der Waals surface area contributed by atoms with E-state index in [9.17, 15) is 9.59 Å². The molecule has 1 saturated heterocycles. The summed E-state index contributed by atoms with van der Waals surface area (Å²) in [6.45, 7) is 2.61. The summed E-state index contributed by atoms with van der Waals surface area (Å²) < 4.78 is 4.75. The normalized spacial score (nSPS) is 21.1. The highest BCUT2D eigenvalue weighted by Gasteiger charge is 2.30. The Morgan fingerprint density at radius 1 is 1.48 bits per heavy atom. The van der Waals surface area contributed by atoms with Crippen molar-refractivity contribution in [2.45, 2.75) is 50.6 Å². The monoisotopic (exact) mass is 333 g/mol. The number of methoxy groups -OCH3 is 1. The van der Waals surface area contributed by atoms with E-state index in [1.165, 1.54) is 7.11 Å². The van der Waals surface area contributed by atoms with Gasteiger partial charge in [-0.15, -0.1) is 0 Å². The molecule has 3 atom stereocenters. The molecule has 0 radical (unpaired) electrons. The molecule has 0 aliphatic carbocycles. The summed E-state index contributed by atoms with van der Waals surface area (Å²) in [5.74, 6) is -1.22. The summed E-state index contributed by atoms with van der Waals surface area (Å²) in [7, 11) is 0.366. The van der Waals surface area contributed by atoms with Crippen molar-refractivity contribution in [2.75, 3.05) is 20.3 Å². The summed E-state index contributed by atoms with van der Waals surface area (Å²) in [6.07, 6.45) is 2.81. The van der Waals surface area contributed by atoms with E-state index in [2.05, 4.69) is 10.6 Å². The van der Waals surface area contributed by atoms with Gasteiger partial charge in [-0.3, -0.25) is 9.59 Å². The highest BCUT2D eigenvalue weighted by molar-refractivity contribution is 6.40. The SMILES string of the molecule is CCCCB(O)O.COCC(N)C(=O)NC1CNC(C(=O)O)C1. The zero-order chi connectivity index (χ0) is 17.8. The van der Waals surface area contributed by atoms with Gasteiger partial charge in [0, 0.05) is 19.7 Å². The lowest BCUT2D eigenvalue weighted by atomic mass is 9.84. The van der Waals surface area contributed by atoms with E-state index >= 15 is 0 Å². The van der Waals surface area contributed by atoms with Crippen molar-refractivity contribution in [3.63, 3.8) is 0 Å². The molecule has 1 amide bonds. The van der Waals surface area contributed by atoms with Crippen LogP contribution in [0.2, 0.25) is 6.32 Å². The molecule has 0 aromatic heterocycles. The van der Waals surface area contributed by atoms with E-state index in [1.54, 1.807) is 0 Å². The van der Waals surface area contributed by atoms with Crippen molar-refractivity contribution in [3.8, 4) is 0 Å². The maximum atomic E-state index is 11.5. The standard InChI is InChI=1S/C9H17N3O4.C4H11BO2/c1-16-4-6(10)8(13)12-5-2-7(9(14)15)11-3-5;1-2-3-4-5(6)7/h5-7,11H,2-4,10H2,1H3,(H,12,13)(H,14,15);6-7H,2-4H2,1H3. The summed E-state index contributed by atoms with van der Waals surface area (Å²) in [5.41, 5.74) is 5.53. The van der Waals surface area contributed by atoms with Crippen molar-refractivity contribution < 1.29 is 29.5 Å². The first-order chi connectivity index (χ1) is 10.8. The van der Waals surface area contributed by atoms with Crippen molar-refractivity contribution in [1.29, 1.82) is 0 Å². The van der Waals surface area contributed by atoms with E-state index < -0.39 is 25.2 Å². The van der Waals surface area contributed by atoms with Crippen LogP contribution in [0.4, 0.5) is 0 Å². The Morgan fingerprint density at radius 2 is 2.13 bits per heavy atom. The Labute approximate surface area is 136 Å². The molecule has 9 nitrogen and oxygen atoms in total. The number of carbonyl (C=O) groups excluding carboxylic acids is 1. The summed E-state index contributed by atoms with van der Waals surface area (Å²) >= 11 is 0. The molecule has 0 bridgehead atoms. The third-order valence-corrected chi connectivity index (χ3v) is 3.27. The van der Waals surface area contributed by atoms with Gasteiger partial charge in [0.15, 0.2) is 0 Å². The van der Waals surface area contributed by atoms with Crippen LogP contribution in [0.15, 0.2) is 0 Å². The van der Waals surface area contributed by atoms with Gasteiger partial charge in [0.1, 0.15) is 12.1 Å². The second kappa shape index (κ2) is 12.3. The number of hydrogen-bond acceptors (Lipinski definition) is 7. The highest BCUT2D eigenvalue weighted by Crippen LogP contribution is 2.06. The average Bonchev–Trinajstić information content (AvgIpc) is 2.94. The highest BCUT2D eigenvalue weighted by atomic mass is 16.5. The van der Waals surface area contributed by atoms with Crippen LogP contribution in [0.25, 0.3) is 0 Å². The van der Waals surface area contributed by atoms with Crippen LogP contribution in [0, 0.1) is 0 Å².